The predicted octanol–water partition coefficient (Wildman–Crippen LogP) is 2.76. The van der Waals surface area contributed by atoms with Gasteiger partial charge >= 0.3 is 6.03 Å². The van der Waals surface area contributed by atoms with E-state index < -0.39 is 0 Å². The SMILES string of the molecule is CC(C)N(C)C(=O)N1CCC2(CC1)OCN(C(C)C)C2(C)C. The summed E-state index contributed by atoms with van der Waals surface area (Å²) in [6.07, 6.45) is 1.84. The van der Waals surface area contributed by atoms with Crippen LogP contribution in [0.2, 0.25) is 0 Å². The number of amides is 2. The van der Waals surface area contributed by atoms with Crippen molar-refractivity contribution in [1.82, 2.24) is 14.7 Å². The molecule has 0 atom stereocenters. The first-order chi connectivity index (χ1) is 10.1. The molecule has 2 aliphatic heterocycles. The van der Waals surface area contributed by atoms with Crippen molar-refractivity contribution in [2.45, 2.75) is 77.6 Å². The van der Waals surface area contributed by atoms with Gasteiger partial charge in [-0.2, -0.15) is 0 Å². The highest BCUT2D eigenvalue weighted by Gasteiger charge is 2.56. The molecule has 0 bridgehead atoms. The summed E-state index contributed by atoms with van der Waals surface area (Å²) < 4.78 is 6.28. The number of urea groups is 1. The van der Waals surface area contributed by atoms with Gasteiger partial charge in [-0.25, -0.2) is 4.79 Å². The largest absolute Gasteiger partial charge is 0.358 e. The van der Waals surface area contributed by atoms with Crippen molar-refractivity contribution in [1.29, 1.82) is 0 Å². The molecule has 0 saturated carbocycles. The monoisotopic (exact) mass is 311 g/mol. The Labute approximate surface area is 135 Å². The molecule has 2 heterocycles. The Morgan fingerprint density at radius 2 is 1.68 bits per heavy atom. The van der Waals surface area contributed by atoms with Crippen LogP contribution in [-0.4, -0.2) is 70.8 Å². The van der Waals surface area contributed by atoms with Gasteiger partial charge in [0.1, 0.15) is 6.73 Å². The van der Waals surface area contributed by atoms with Crippen LogP contribution in [0.5, 0.6) is 0 Å². The number of carbonyl (C=O) groups is 1. The van der Waals surface area contributed by atoms with E-state index in [2.05, 4.69) is 32.6 Å². The number of nitrogens with zero attached hydrogens (tertiary/aromatic N) is 3. The van der Waals surface area contributed by atoms with Crippen LogP contribution in [0.1, 0.15) is 54.4 Å². The minimum absolute atomic E-state index is 0.0141. The van der Waals surface area contributed by atoms with Crippen molar-refractivity contribution in [3.8, 4) is 0 Å². The van der Waals surface area contributed by atoms with Crippen LogP contribution in [0, 0.1) is 0 Å². The predicted molar refractivity (Wildman–Crippen MR) is 88.8 cm³/mol. The molecule has 2 aliphatic rings. The third-order valence-corrected chi connectivity index (χ3v) is 5.85. The standard InChI is InChI=1S/C17H33N3O2/c1-13(2)18(7)15(21)19-10-8-17(9-11-19)16(5,6)20(12-22-17)14(3)4/h13-14H,8-12H2,1-7H3. The summed E-state index contributed by atoms with van der Waals surface area (Å²) in [7, 11) is 1.88. The minimum Gasteiger partial charge on any atom is -0.358 e. The average Bonchev–Trinajstić information content (AvgIpc) is 2.69. The van der Waals surface area contributed by atoms with Gasteiger partial charge in [-0.05, 0) is 54.4 Å². The van der Waals surface area contributed by atoms with Crippen molar-refractivity contribution < 1.29 is 9.53 Å². The molecule has 0 aromatic heterocycles. The first-order valence-corrected chi connectivity index (χ1v) is 8.55. The van der Waals surface area contributed by atoms with Crippen molar-refractivity contribution >= 4 is 6.03 Å². The van der Waals surface area contributed by atoms with Gasteiger partial charge in [0.25, 0.3) is 0 Å². The van der Waals surface area contributed by atoms with E-state index in [1.165, 1.54) is 0 Å². The molecule has 1 spiro atoms. The Bertz CT molecular complexity index is 412. The number of hydrogen-bond donors (Lipinski definition) is 0. The molecular formula is C17H33N3O2. The Hall–Kier alpha value is -0.810. The fourth-order valence-electron chi connectivity index (χ4n) is 3.85. The zero-order valence-electron chi connectivity index (χ0n) is 15.3. The van der Waals surface area contributed by atoms with E-state index >= 15 is 0 Å². The summed E-state index contributed by atoms with van der Waals surface area (Å²) in [5.41, 5.74) is -0.106. The maximum atomic E-state index is 12.5. The maximum absolute atomic E-state index is 12.5. The van der Waals surface area contributed by atoms with Crippen molar-refractivity contribution in [2.24, 2.45) is 0 Å². The van der Waals surface area contributed by atoms with Gasteiger partial charge in [0, 0.05) is 37.8 Å². The summed E-state index contributed by atoms with van der Waals surface area (Å²) in [6.45, 7) is 15.4. The van der Waals surface area contributed by atoms with Crippen LogP contribution >= 0.6 is 0 Å². The Morgan fingerprint density at radius 3 is 2.09 bits per heavy atom. The van der Waals surface area contributed by atoms with E-state index in [1.807, 2.05) is 30.7 Å². The first kappa shape index (κ1) is 17.5. The van der Waals surface area contributed by atoms with Gasteiger partial charge in [0.15, 0.2) is 0 Å². The van der Waals surface area contributed by atoms with Crippen LogP contribution in [0.4, 0.5) is 4.79 Å². The molecule has 5 nitrogen and oxygen atoms in total. The average molecular weight is 311 g/mol. The number of likely N-dealkylation sites (tertiary alicyclic amines) is 1. The van der Waals surface area contributed by atoms with Gasteiger partial charge in [0.05, 0.1) is 5.60 Å². The van der Waals surface area contributed by atoms with Crippen molar-refractivity contribution in [2.75, 3.05) is 26.9 Å². The van der Waals surface area contributed by atoms with E-state index in [9.17, 15) is 4.79 Å². The number of piperidine rings is 1. The molecule has 0 radical (unpaired) electrons. The van der Waals surface area contributed by atoms with Gasteiger partial charge in [0.2, 0.25) is 0 Å². The fourth-order valence-corrected chi connectivity index (χ4v) is 3.85. The van der Waals surface area contributed by atoms with Crippen LogP contribution in [0.15, 0.2) is 0 Å². The third kappa shape index (κ3) is 2.73. The van der Waals surface area contributed by atoms with Crippen LogP contribution in [0.3, 0.4) is 0 Å². The van der Waals surface area contributed by atoms with Crippen molar-refractivity contribution in [3.05, 3.63) is 0 Å². The zero-order chi connectivity index (χ0) is 16.7. The Morgan fingerprint density at radius 1 is 1.14 bits per heavy atom. The van der Waals surface area contributed by atoms with Crippen molar-refractivity contribution in [3.63, 3.8) is 0 Å². The lowest BCUT2D eigenvalue weighted by Crippen LogP contribution is -2.61. The van der Waals surface area contributed by atoms with Crippen LogP contribution in [0.25, 0.3) is 0 Å². The summed E-state index contributed by atoms with van der Waals surface area (Å²) in [5, 5.41) is 0. The van der Waals surface area contributed by atoms with E-state index in [-0.39, 0.29) is 23.2 Å². The summed E-state index contributed by atoms with van der Waals surface area (Å²) in [4.78, 5) is 18.7. The van der Waals surface area contributed by atoms with E-state index in [0.29, 0.717) is 12.8 Å². The van der Waals surface area contributed by atoms with Gasteiger partial charge < -0.3 is 14.5 Å². The number of carbonyl (C=O) groups excluding carboxylic acids is 1. The fraction of sp³-hybridized carbons (Fsp3) is 0.941. The Balaban J connectivity index is 2.04. The highest BCUT2D eigenvalue weighted by molar-refractivity contribution is 5.74. The van der Waals surface area contributed by atoms with E-state index in [0.717, 1.165) is 25.9 Å². The smallest absolute Gasteiger partial charge is 0.319 e. The Kier molecular flexibility index (Phi) is 4.79. The molecule has 22 heavy (non-hydrogen) atoms. The highest BCUT2D eigenvalue weighted by atomic mass is 16.5. The maximum Gasteiger partial charge on any atom is 0.319 e. The highest BCUT2D eigenvalue weighted by Crippen LogP contribution is 2.45. The molecule has 2 fully saturated rings. The number of hydrogen-bond acceptors (Lipinski definition) is 3. The molecule has 2 amide bonds. The second-order valence-electron chi connectivity index (χ2n) is 7.86. The van der Waals surface area contributed by atoms with Gasteiger partial charge in [-0.15, -0.1) is 0 Å². The third-order valence-electron chi connectivity index (χ3n) is 5.85. The van der Waals surface area contributed by atoms with Crippen LogP contribution in [-0.2, 0) is 4.74 Å². The molecule has 128 valence electrons. The van der Waals surface area contributed by atoms with Gasteiger partial charge in [-0.3, -0.25) is 4.90 Å². The second kappa shape index (κ2) is 6.00. The molecular weight excluding hydrogens is 278 g/mol. The lowest BCUT2D eigenvalue weighted by molar-refractivity contribution is -0.0648. The molecule has 0 N–H and O–H groups in total. The lowest BCUT2D eigenvalue weighted by atomic mass is 9.75. The number of ether oxygens (including phenoxy) is 1. The molecule has 0 unspecified atom stereocenters. The van der Waals surface area contributed by atoms with E-state index in [4.69, 9.17) is 4.74 Å². The minimum atomic E-state index is -0.121. The zero-order valence-corrected chi connectivity index (χ0v) is 15.3. The van der Waals surface area contributed by atoms with E-state index in [1.54, 1.807) is 0 Å². The lowest BCUT2D eigenvalue weighted by Gasteiger charge is -2.49. The topological polar surface area (TPSA) is 36.0 Å². The number of rotatable bonds is 2. The molecule has 2 saturated heterocycles. The summed E-state index contributed by atoms with van der Waals surface area (Å²) >= 11 is 0. The normalized spacial score (nSPS) is 24.5. The molecule has 0 aromatic rings. The molecule has 5 heteroatoms. The molecule has 0 aromatic carbocycles. The van der Waals surface area contributed by atoms with Crippen LogP contribution < -0.4 is 0 Å². The first-order valence-electron chi connectivity index (χ1n) is 8.55. The second-order valence-corrected chi connectivity index (χ2v) is 7.86. The van der Waals surface area contributed by atoms with Gasteiger partial charge in [-0.1, -0.05) is 0 Å². The quantitative estimate of drug-likeness (QED) is 0.787. The summed E-state index contributed by atoms with van der Waals surface area (Å²) in [6, 6.07) is 0.849. The summed E-state index contributed by atoms with van der Waals surface area (Å²) in [5.74, 6) is 0. The molecule has 0 aliphatic carbocycles. The molecule has 2 rings (SSSR count).